The van der Waals surface area contributed by atoms with E-state index in [1.165, 1.54) is 5.56 Å². The molecule has 4 aromatic rings. The number of imidazole rings is 1. The summed E-state index contributed by atoms with van der Waals surface area (Å²) < 4.78 is 0. The third-order valence-corrected chi connectivity index (χ3v) is 6.80. The Bertz CT molecular complexity index is 1370. The molecule has 0 spiro atoms. The van der Waals surface area contributed by atoms with Gasteiger partial charge >= 0.3 is 0 Å². The van der Waals surface area contributed by atoms with E-state index in [9.17, 15) is 4.79 Å². The maximum absolute atomic E-state index is 12.3. The number of nitrogens with one attached hydrogen (secondary N) is 2. The molecule has 2 fully saturated rings. The summed E-state index contributed by atoms with van der Waals surface area (Å²) in [5.41, 5.74) is 6.31. The van der Waals surface area contributed by atoms with Crippen LogP contribution in [0.2, 0.25) is 0 Å². The second-order valence-corrected chi connectivity index (χ2v) is 9.55. The van der Waals surface area contributed by atoms with Gasteiger partial charge in [0.2, 0.25) is 11.9 Å². The summed E-state index contributed by atoms with van der Waals surface area (Å²) in [5.74, 6) is 2.09. The molecule has 6 rings (SSSR count). The average Bonchev–Trinajstić information content (AvgIpc) is 3.64. The standard InChI is InChI=1S/C27H29N7O/c1-18-14-22(7-9-28-18)21-4-5-23-24(16-21)31-27(30-23)32-25-15-19(6-8-29-25)17-33-10-12-34(13-11-33)26(35)20-2-3-20/h4-9,14-16,20H,2-3,10-13,17H2,1H3,(H2,29,30,31,32). The summed E-state index contributed by atoms with van der Waals surface area (Å²) >= 11 is 0. The van der Waals surface area contributed by atoms with E-state index in [-0.39, 0.29) is 0 Å². The summed E-state index contributed by atoms with van der Waals surface area (Å²) in [7, 11) is 0. The zero-order valence-electron chi connectivity index (χ0n) is 19.9. The fraction of sp³-hybridized carbons (Fsp3) is 0.333. The van der Waals surface area contributed by atoms with Crippen LogP contribution < -0.4 is 5.32 Å². The summed E-state index contributed by atoms with van der Waals surface area (Å²) in [6.45, 7) is 6.31. The molecule has 178 valence electrons. The number of carbonyl (C=O) groups excluding carboxylic acids is 1. The Morgan fingerprint density at radius 2 is 1.80 bits per heavy atom. The minimum absolute atomic E-state index is 0.306. The quantitative estimate of drug-likeness (QED) is 0.443. The minimum atomic E-state index is 0.306. The van der Waals surface area contributed by atoms with Crippen molar-refractivity contribution in [1.29, 1.82) is 0 Å². The van der Waals surface area contributed by atoms with Crippen molar-refractivity contribution in [1.82, 2.24) is 29.7 Å². The average molecular weight is 468 g/mol. The van der Waals surface area contributed by atoms with E-state index in [1.807, 2.05) is 36.4 Å². The number of H-pyrrole nitrogens is 1. The van der Waals surface area contributed by atoms with E-state index in [0.717, 1.165) is 79.2 Å². The van der Waals surface area contributed by atoms with Crippen LogP contribution in [0.1, 0.15) is 24.1 Å². The van der Waals surface area contributed by atoms with Gasteiger partial charge in [-0.1, -0.05) is 6.07 Å². The van der Waals surface area contributed by atoms with Crippen molar-refractivity contribution in [2.24, 2.45) is 5.92 Å². The van der Waals surface area contributed by atoms with Crippen LogP contribution in [0.3, 0.4) is 0 Å². The lowest BCUT2D eigenvalue weighted by atomic mass is 10.1. The maximum atomic E-state index is 12.3. The summed E-state index contributed by atoms with van der Waals surface area (Å²) in [4.78, 5) is 33.6. The highest BCUT2D eigenvalue weighted by atomic mass is 16.2. The number of aromatic nitrogens is 4. The van der Waals surface area contributed by atoms with Gasteiger partial charge in [0.15, 0.2) is 0 Å². The number of aromatic amines is 1. The smallest absolute Gasteiger partial charge is 0.225 e. The molecular formula is C27H29N7O. The first-order chi connectivity index (χ1) is 17.1. The van der Waals surface area contributed by atoms with Crippen LogP contribution >= 0.6 is 0 Å². The van der Waals surface area contributed by atoms with Crippen LogP contribution in [0.15, 0.2) is 54.9 Å². The van der Waals surface area contributed by atoms with E-state index < -0.39 is 0 Å². The van der Waals surface area contributed by atoms with Gasteiger partial charge in [-0.15, -0.1) is 0 Å². The molecule has 1 aromatic carbocycles. The van der Waals surface area contributed by atoms with E-state index in [0.29, 0.717) is 17.8 Å². The van der Waals surface area contributed by atoms with Crippen LogP contribution in [0.25, 0.3) is 22.2 Å². The van der Waals surface area contributed by atoms with Crippen molar-refractivity contribution >= 4 is 28.7 Å². The van der Waals surface area contributed by atoms with Gasteiger partial charge in [0, 0.05) is 56.7 Å². The number of carbonyl (C=O) groups is 1. The lowest BCUT2D eigenvalue weighted by Crippen LogP contribution is -2.48. The van der Waals surface area contributed by atoms with Crippen LogP contribution in [0.4, 0.5) is 11.8 Å². The molecule has 1 saturated heterocycles. The van der Waals surface area contributed by atoms with Crippen molar-refractivity contribution in [3.8, 4) is 11.1 Å². The normalized spacial score (nSPS) is 16.5. The zero-order chi connectivity index (χ0) is 23.8. The van der Waals surface area contributed by atoms with Gasteiger partial charge in [-0.2, -0.15) is 0 Å². The number of anilines is 2. The number of amides is 1. The number of piperazine rings is 1. The monoisotopic (exact) mass is 467 g/mol. The molecular weight excluding hydrogens is 438 g/mol. The molecule has 1 amide bonds. The molecule has 3 aromatic heterocycles. The van der Waals surface area contributed by atoms with Crippen LogP contribution in [0, 0.1) is 12.8 Å². The highest BCUT2D eigenvalue weighted by molar-refractivity contribution is 5.84. The summed E-state index contributed by atoms with van der Waals surface area (Å²) in [6.07, 6.45) is 5.81. The van der Waals surface area contributed by atoms with Crippen molar-refractivity contribution < 1.29 is 4.79 Å². The molecule has 8 nitrogen and oxygen atoms in total. The van der Waals surface area contributed by atoms with Gasteiger partial charge in [0.05, 0.1) is 11.0 Å². The van der Waals surface area contributed by atoms with Gasteiger partial charge in [0.1, 0.15) is 5.82 Å². The van der Waals surface area contributed by atoms with E-state index in [2.05, 4.69) is 60.5 Å². The fourth-order valence-corrected chi connectivity index (χ4v) is 4.71. The van der Waals surface area contributed by atoms with Crippen molar-refractivity contribution in [2.75, 3.05) is 31.5 Å². The lowest BCUT2D eigenvalue weighted by Gasteiger charge is -2.34. The van der Waals surface area contributed by atoms with Crippen LogP contribution in [-0.2, 0) is 11.3 Å². The Kier molecular flexibility index (Phi) is 5.66. The third-order valence-electron chi connectivity index (χ3n) is 6.80. The van der Waals surface area contributed by atoms with Crippen molar-refractivity contribution in [3.63, 3.8) is 0 Å². The Morgan fingerprint density at radius 1 is 1.00 bits per heavy atom. The molecule has 0 radical (unpaired) electrons. The number of nitrogens with zero attached hydrogens (tertiary/aromatic N) is 5. The molecule has 0 bridgehead atoms. The number of rotatable bonds is 6. The van der Waals surface area contributed by atoms with Crippen LogP contribution in [0.5, 0.6) is 0 Å². The number of hydrogen-bond acceptors (Lipinski definition) is 6. The van der Waals surface area contributed by atoms with Crippen molar-refractivity contribution in [3.05, 3.63) is 66.1 Å². The second kappa shape index (κ2) is 9.11. The molecule has 0 atom stereocenters. The molecule has 1 aliphatic carbocycles. The van der Waals surface area contributed by atoms with Crippen molar-refractivity contribution in [2.45, 2.75) is 26.3 Å². The highest BCUT2D eigenvalue weighted by Gasteiger charge is 2.34. The Morgan fingerprint density at radius 3 is 2.60 bits per heavy atom. The van der Waals surface area contributed by atoms with Crippen LogP contribution in [-0.4, -0.2) is 61.8 Å². The molecule has 4 heterocycles. The lowest BCUT2D eigenvalue weighted by molar-refractivity contribution is -0.134. The predicted molar refractivity (Wildman–Crippen MR) is 136 cm³/mol. The first-order valence-electron chi connectivity index (χ1n) is 12.3. The molecule has 2 N–H and O–H groups in total. The zero-order valence-corrected chi connectivity index (χ0v) is 19.9. The first kappa shape index (κ1) is 21.7. The molecule has 1 aliphatic heterocycles. The number of fused-ring (bicyclic) bond motifs is 1. The number of hydrogen-bond donors (Lipinski definition) is 2. The van der Waals surface area contributed by atoms with E-state index >= 15 is 0 Å². The summed E-state index contributed by atoms with van der Waals surface area (Å²) in [6, 6.07) is 14.4. The minimum Gasteiger partial charge on any atom is -0.340 e. The molecule has 1 saturated carbocycles. The number of benzene rings is 1. The summed E-state index contributed by atoms with van der Waals surface area (Å²) in [5, 5.41) is 3.32. The molecule has 8 heteroatoms. The molecule has 0 unspecified atom stereocenters. The topological polar surface area (TPSA) is 90.0 Å². The number of aryl methyl sites for hydroxylation is 1. The first-order valence-corrected chi connectivity index (χ1v) is 12.3. The Balaban J connectivity index is 1.11. The van der Waals surface area contributed by atoms with Gasteiger partial charge in [0.25, 0.3) is 0 Å². The highest BCUT2D eigenvalue weighted by Crippen LogP contribution is 2.31. The van der Waals surface area contributed by atoms with Gasteiger partial charge in [-0.3, -0.25) is 14.7 Å². The number of pyridine rings is 2. The van der Waals surface area contributed by atoms with Gasteiger partial charge in [-0.25, -0.2) is 9.97 Å². The predicted octanol–water partition coefficient (Wildman–Crippen LogP) is 4.13. The molecule has 35 heavy (non-hydrogen) atoms. The third kappa shape index (κ3) is 4.88. The SMILES string of the molecule is Cc1cc(-c2ccc3nc(Nc4cc(CN5CCN(C(=O)C6CC6)CC5)ccn4)[nH]c3c2)ccn1. The van der Waals surface area contributed by atoms with Gasteiger partial charge < -0.3 is 15.2 Å². The largest absolute Gasteiger partial charge is 0.340 e. The Labute approximate surface area is 204 Å². The Hall–Kier alpha value is -3.78. The van der Waals surface area contributed by atoms with E-state index in [4.69, 9.17) is 0 Å². The molecule has 2 aliphatic rings. The van der Waals surface area contributed by atoms with E-state index in [1.54, 1.807) is 0 Å². The maximum Gasteiger partial charge on any atom is 0.225 e. The van der Waals surface area contributed by atoms with Gasteiger partial charge in [-0.05, 0) is 72.9 Å². The second-order valence-electron chi connectivity index (χ2n) is 9.55. The fourth-order valence-electron chi connectivity index (χ4n) is 4.71.